The summed E-state index contributed by atoms with van der Waals surface area (Å²) >= 11 is 0. The van der Waals surface area contributed by atoms with Crippen molar-refractivity contribution in [3.63, 3.8) is 0 Å². The van der Waals surface area contributed by atoms with Crippen molar-refractivity contribution in [2.75, 3.05) is 0 Å². The SMILES string of the molecule is C#[N+]C(C)c1ccc(F)cc1.[2H][B][3H]. The topological polar surface area (TPSA) is 4.36 Å². The number of hydrogen-bond donors (Lipinski definition) is 0. The van der Waals surface area contributed by atoms with Crippen LogP contribution in [0.25, 0.3) is 4.85 Å². The summed E-state index contributed by atoms with van der Waals surface area (Å²) in [6, 6.07) is 6.09. The molecule has 1 aromatic rings. The van der Waals surface area contributed by atoms with E-state index in [2.05, 4.69) is 4.85 Å². The largest absolute Gasteiger partial charge is 0.294 e. The van der Waals surface area contributed by atoms with Gasteiger partial charge in [0.25, 0.3) is 12.6 Å². The minimum atomic E-state index is -0.238. The van der Waals surface area contributed by atoms with Crippen molar-refractivity contribution in [3.8, 4) is 6.57 Å². The fraction of sp³-hybridized carbons (Fsp3) is 0.222. The Kier molecular flexibility index (Phi) is 2.79. The quantitative estimate of drug-likeness (QED) is 0.561. The Morgan fingerprint density at radius 3 is 2.67 bits per heavy atom. The number of nitrogens with zero attached hydrogens (tertiary/aromatic N) is 1. The Labute approximate surface area is 76.3 Å². The molecule has 1 nitrogen and oxygen atoms in total. The van der Waals surface area contributed by atoms with Gasteiger partial charge in [-0.25, -0.2) is 4.39 Å². The molecular weight excluding hydrogens is 152 g/mol. The van der Waals surface area contributed by atoms with Crippen molar-refractivity contribution in [1.29, 1.82) is 2.67 Å². The molecule has 0 saturated heterocycles. The lowest BCUT2D eigenvalue weighted by Gasteiger charge is -1.93. The van der Waals surface area contributed by atoms with Gasteiger partial charge in [0.1, 0.15) is 5.82 Å². The molecule has 0 aromatic heterocycles. The lowest BCUT2D eigenvalue weighted by Crippen LogP contribution is -1.85. The van der Waals surface area contributed by atoms with Gasteiger partial charge < -0.3 is 0 Å². The van der Waals surface area contributed by atoms with Crippen molar-refractivity contribution in [1.82, 2.24) is 0 Å². The van der Waals surface area contributed by atoms with Gasteiger partial charge in [0.2, 0.25) is 0 Å². The van der Waals surface area contributed by atoms with Gasteiger partial charge >= 0.3 is 0 Å². The number of halogens is 1. The van der Waals surface area contributed by atoms with Crippen LogP contribution in [0, 0.1) is 12.4 Å². The zero-order valence-corrected chi connectivity index (χ0v) is 6.87. The van der Waals surface area contributed by atoms with Crippen LogP contribution in [0.3, 0.4) is 0 Å². The first kappa shape index (κ1) is 7.36. The highest BCUT2D eigenvalue weighted by Gasteiger charge is 2.10. The third kappa shape index (κ3) is 2.39. The summed E-state index contributed by atoms with van der Waals surface area (Å²) in [5, 5.41) is 0. The molecule has 1 unspecified atom stereocenters. The van der Waals surface area contributed by atoms with Crippen molar-refractivity contribution >= 4 is 8.34 Å². The zero-order valence-electron chi connectivity index (χ0n) is 8.87. The molecular formula is C9H11BFN+. The summed E-state index contributed by atoms with van der Waals surface area (Å²) < 4.78 is 23.9. The average Bonchev–Trinajstić information content (AvgIpc) is 2.19. The summed E-state index contributed by atoms with van der Waals surface area (Å²) in [5.74, 6) is -0.238. The molecule has 0 saturated carbocycles. The molecule has 0 aliphatic rings. The van der Waals surface area contributed by atoms with Crippen LogP contribution in [-0.2, 0) is 0 Å². The van der Waals surface area contributed by atoms with Crippen LogP contribution < -0.4 is 0 Å². The molecule has 0 N–H and O–H groups in total. The van der Waals surface area contributed by atoms with Gasteiger partial charge in [0, 0.05) is 12.5 Å². The smallest absolute Gasteiger partial charge is 0.207 e. The van der Waals surface area contributed by atoms with E-state index in [1.165, 1.54) is 12.1 Å². The minimum Gasteiger partial charge on any atom is -0.207 e. The maximum absolute atomic E-state index is 12.4. The summed E-state index contributed by atoms with van der Waals surface area (Å²) in [4.78, 5) is 3.57. The van der Waals surface area contributed by atoms with Crippen LogP contribution in [0.5, 0.6) is 0 Å². The average molecular weight is 166 g/mol. The van der Waals surface area contributed by atoms with Crippen LogP contribution in [0.2, 0.25) is 0 Å². The molecule has 1 aromatic carbocycles. The molecule has 1 rings (SSSR count). The highest BCUT2D eigenvalue weighted by atomic mass is 19.1. The first-order valence-electron chi connectivity index (χ1n) is 4.55. The first-order chi connectivity index (χ1) is 6.65. The second kappa shape index (κ2) is 4.56. The molecule has 12 heavy (non-hydrogen) atoms. The Bertz CT molecular complexity index is 297. The van der Waals surface area contributed by atoms with Crippen molar-refractivity contribution in [2.45, 2.75) is 13.0 Å². The molecule has 3 heteroatoms. The molecule has 0 amide bonds. The standard InChI is InChI=1S/C9H9FN.BH2/c1-7(11-2)8-3-5-9(10)6-4-8;/h2-7H,1H3;1H2/q+1;/i;1TD. The number of hydrogen-bond acceptors (Lipinski definition) is 0. The summed E-state index contributed by atoms with van der Waals surface area (Å²) in [6.07, 6.45) is 0. The highest BCUT2D eigenvalue weighted by molar-refractivity contribution is 5.75. The van der Waals surface area contributed by atoms with E-state index in [-0.39, 0.29) is 11.9 Å². The molecule has 0 aliphatic carbocycles. The van der Waals surface area contributed by atoms with Gasteiger partial charge in [-0.05, 0) is 26.9 Å². The molecule has 0 spiro atoms. The third-order valence-electron chi connectivity index (χ3n) is 1.58. The minimum absolute atomic E-state index is 0.0596. The highest BCUT2D eigenvalue weighted by Crippen LogP contribution is 2.15. The monoisotopic (exact) mass is 166 g/mol. The van der Waals surface area contributed by atoms with Gasteiger partial charge in [0.15, 0.2) is 0 Å². The van der Waals surface area contributed by atoms with E-state index in [0.29, 0.717) is 8.34 Å². The van der Waals surface area contributed by atoms with Gasteiger partial charge in [-0.3, -0.25) is 0 Å². The predicted molar refractivity (Wildman–Crippen MR) is 51.7 cm³/mol. The number of rotatable bonds is 1. The third-order valence-corrected chi connectivity index (χ3v) is 1.58. The van der Waals surface area contributed by atoms with Crippen LogP contribution in [0.4, 0.5) is 4.39 Å². The normalized spacial score (nSPS) is 12.4. The van der Waals surface area contributed by atoms with Gasteiger partial charge in [-0.15, -0.1) is 0 Å². The van der Waals surface area contributed by atoms with Crippen molar-refractivity contribution in [2.24, 2.45) is 0 Å². The summed E-state index contributed by atoms with van der Waals surface area (Å²) in [7, 11) is 0.500. The maximum Gasteiger partial charge on any atom is 0.294 e. The molecule has 61 valence electrons. The van der Waals surface area contributed by atoms with E-state index in [9.17, 15) is 4.39 Å². The molecule has 0 heterocycles. The molecule has 0 bridgehead atoms. The van der Waals surface area contributed by atoms with Crippen molar-refractivity contribution < 1.29 is 4.39 Å². The predicted octanol–water partition coefficient (Wildman–Crippen LogP) is 1.93. The molecule has 0 aliphatic heterocycles. The molecule has 1 radical (unpaired) electrons. The fourth-order valence-electron chi connectivity index (χ4n) is 0.827. The van der Waals surface area contributed by atoms with Gasteiger partial charge in [-0.1, -0.05) is 4.85 Å². The van der Waals surface area contributed by atoms with Crippen LogP contribution in [0.1, 0.15) is 18.5 Å². The Morgan fingerprint density at radius 2 is 2.25 bits per heavy atom. The Hall–Kier alpha value is -1.30. The van der Waals surface area contributed by atoms with E-state index in [1.54, 1.807) is 12.1 Å². The maximum atomic E-state index is 12.4. The van der Waals surface area contributed by atoms with E-state index in [0.717, 1.165) is 5.56 Å². The van der Waals surface area contributed by atoms with Crippen LogP contribution in [-0.4, -0.2) is 11.0 Å². The second-order valence-electron chi connectivity index (χ2n) is 2.38. The van der Waals surface area contributed by atoms with Crippen LogP contribution >= 0.6 is 0 Å². The molecule has 0 fully saturated rings. The first-order valence-corrected chi connectivity index (χ1v) is 3.39. The van der Waals surface area contributed by atoms with E-state index < -0.39 is 0 Å². The van der Waals surface area contributed by atoms with Gasteiger partial charge in [0.05, 0.1) is 8.34 Å². The lowest BCUT2D eigenvalue weighted by molar-refractivity contribution is 0.626. The number of benzene rings is 1. The Balaban J connectivity index is 0.000000500. The second-order valence-corrected chi connectivity index (χ2v) is 2.38. The zero-order chi connectivity index (χ0) is 11.0. The fourth-order valence-corrected chi connectivity index (χ4v) is 0.827. The Morgan fingerprint density at radius 1 is 1.75 bits per heavy atom. The van der Waals surface area contributed by atoms with Crippen LogP contribution in [0.15, 0.2) is 24.3 Å². The van der Waals surface area contributed by atoms with E-state index in [4.69, 9.17) is 9.24 Å². The van der Waals surface area contributed by atoms with Gasteiger partial charge in [-0.2, -0.15) is 0 Å². The molecule has 1 atom stereocenters. The lowest BCUT2D eigenvalue weighted by atomic mass is 10.1. The van der Waals surface area contributed by atoms with E-state index >= 15 is 0 Å². The summed E-state index contributed by atoms with van der Waals surface area (Å²) in [6.45, 7) is 6.93. The summed E-state index contributed by atoms with van der Waals surface area (Å²) in [5.41, 5.74) is 0.925. The van der Waals surface area contributed by atoms with Crippen molar-refractivity contribution in [3.05, 3.63) is 40.5 Å². The van der Waals surface area contributed by atoms with E-state index in [1.807, 2.05) is 6.92 Å².